The Morgan fingerprint density at radius 2 is 2.19 bits per heavy atom. The van der Waals surface area contributed by atoms with Gasteiger partial charge in [0.05, 0.1) is 0 Å². The lowest BCUT2D eigenvalue weighted by Gasteiger charge is -2.18. The highest BCUT2D eigenvalue weighted by atomic mass is 15.2. The molecule has 0 spiro atoms. The zero-order valence-corrected chi connectivity index (χ0v) is 12.7. The standard InChI is InChI=1S/C17H22N4/c1-13-3-4-14(2)15(9-13)10-21-8-6-16(11-21)20-17-5-7-18-12-19-17/h3-5,7,9,12,16H,6,8,10-11H2,1-2H3,(H,18,19,20). The Balaban J connectivity index is 1.58. The monoisotopic (exact) mass is 282 g/mol. The van der Waals surface area contributed by atoms with Crippen molar-refractivity contribution in [2.75, 3.05) is 18.4 Å². The molecule has 1 aliphatic rings. The van der Waals surface area contributed by atoms with E-state index in [9.17, 15) is 0 Å². The van der Waals surface area contributed by atoms with Crippen LogP contribution in [0.1, 0.15) is 23.1 Å². The minimum absolute atomic E-state index is 0.477. The Kier molecular flexibility index (Phi) is 4.15. The van der Waals surface area contributed by atoms with Crippen LogP contribution in [-0.2, 0) is 6.54 Å². The van der Waals surface area contributed by atoms with Gasteiger partial charge in [-0.15, -0.1) is 0 Å². The number of aromatic nitrogens is 2. The van der Waals surface area contributed by atoms with Crippen LogP contribution in [0.25, 0.3) is 0 Å². The van der Waals surface area contributed by atoms with E-state index in [-0.39, 0.29) is 0 Å². The molecule has 0 radical (unpaired) electrons. The first-order valence-electron chi connectivity index (χ1n) is 7.52. The van der Waals surface area contributed by atoms with Crippen molar-refractivity contribution >= 4 is 5.82 Å². The van der Waals surface area contributed by atoms with E-state index in [1.807, 2.05) is 6.07 Å². The van der Waals surface area contributed by atoms with Crippen LogP contribution in [0, 0.1) is 13.8 Å². The van der Waals surface area contributed by atoms with Gasteiger partial charge in [-0.1, -0.05) is 23.8 Å². The van der Waals surface area contributed by atoms with Crippen LogP contribution >= 0.6 is 0 Å². The summed E-state index contributed by atoms with van der Waals surface area (Å²) in [5, 5.41) is 3.49. The molecular weight excluding hydrogens is 260 g/mol. The lowest BCUT2D eigenvalue weighted by molar-refractivity contribution is 0.328. The van der Waals surface area contributed by atoms with Gasteiger partial charge >= 0.3 is 0 Å². The third kappa shape index (κ3) is 3.58. The highest BCUT2D eigenvalue weighted by Crippen LogP contribution is 2.19. The second-order valence-electron chi connectivity index (χ2n) is 5.89. The molecule has 1 unspecified atom stereocenters. The van der Waals surface area contributed by atoms with Crippen molar-refractivity contribution in [3.05, 3.63) is 53.5 Å². The number of anilines is 1. The predicted molar refractivity (Wildman–Crippen MR) is 85.3 cm³/mol. The van der Waals surface area contributed by atoms with Gasteiger partial charge in [0.1, 0.15) is 12.1 Å². The molecule has 4 heteroatoms. The van der Waals surface area contributed by atoms with E-state index < -0.39 is 0 Å². The van der Waals surface area contributed by atoms with E-state index in [1.54, 1.807) is 12.5 Å². The summed E-state index contributed by atoms with van der Waals surface area (Å²) in [6, 6.07) is 9.11. The highest BCUT2D eigenvalue weighted by Gasteiger charge is 2.22. The first-order valence-corrected chi connectivity index (χ1v) is 7.52. The lowest BCUT2D eigenvalue weighted by Crippen LogP contribution is -2.26. The maximum absolute atomic E-state index is 4.24. The number of rotatable bonds is 4. The minimum Gasteiger partial charge on any atom is -0.366 e. The van der Waals surface area contributed by atoms with E-state index in [0.29, 0.717) is 6.04 Å². The van der Waals surface area contributed by atoms with Crippen molar-refractivity contribution < 1.29 is 0 Å². The summed E-state index contributed by atoms with van der Waals surface area (Å²) in [7, 11) is 0. The third-order valence-corrected chi connectivity index (χ3v) is 4.10. The van der Waals surface area contributed by atoms with Crippen LogP contribution in [0.15, 0.2) is 36.8 Å². The summed E-state index contributed by atoms with van der Waals surface area (Å²) in [4.78, 5) is 10.7. The average Bonchev–Trinajstić information content (AvgIpc) is 2.91. The van der Waals surface area contributed by atoms with Gasteiger partial charge in [-0.3, -0.25) is 4.90 Å². The van der Waals surface area contributed by atoms with E-state index in [4.69, 9.17) is 0 Å². The molecule has 110 valence electrons. The maximum atomic E-state index is 4.24. The molecule has 21 heavy (non-hydrogen) atoms. The largest absolute Gasteiger partial charge is 0.366 e. The average molecular weight is 282 g/mol. The first-order chi connectivity index (χ1) is 10.2. The van der Waals surface area contributed by atoms with Gasteiger partial charge in [0.2, 0.25) is 0 Å². The third-order valence-electron chi connectivity index (χ3n) is 4.10. The molecular formula is C17H22N4. The van der Waals surface area contributed by atoms with Crippen molar-refractivity contribution in [1.29, 1.82) is 0 Å². The predicted octanol–water partition coefficient (Wildman–Crippen LogP) is 2.78. The molecule has 0 amide bonds. The molecule has 1 aromatic heterocycles. The molecule has 0 saturated carbocycles. The number of aryl methyl sites for hydroxylation is 2. The van der Waals surface area contributed by atoms with Crippen LogP contribution in [0.5, 0.6) is 0 Å². The zero-order chi connectivity index (χ0) is 14.7. The van der Waals surface area contributed by atoms with Crippen molar-refractivity contribution in [3.8, 4) is 0 Å². The molecule has 1 aliphatic heterocycles. The smallest absolute Gasteiger partial charge is 0.129 e. The van der Waals surface area contributed by atoms with Gasteiger partial charge in [0.25, 0.3) is 0 Å². The zero-order valence-electron chi connectivity index (χ0n) is 12.7. The van der Waals surface area contributed by atoms with E-state index >= 15 is 0 Å². The van der Waals surface area contributed by atoms with Crippen molar-refractivity contribution in [2.45, 2.75) is 32.9 Å². The number of nitrogens with zero attached hydrogens (tertiary/aromatic N) is 3. The van der Waals surface area contributed by atoms with E-state index in [0.717, 1.165) is 31.9 Å². The summed E-state index contributed by atoms with van der Waals surface area (Å²) in [5.41, 5.74) is 4.16. The van der Waals surface area contributed by atoms with Gasteiger partial charge in [-0.2, -0.15) is 0 Å². The first kappa shape index (κ1) is 14.0. The topological polar surface area (TPSA) is 41.0 Å². The Bertz CT molecular complexity index is 597. The molecule has 1 aromatic carbocycles. The van der Waals surface area contributed by atoms with Gasteiger partial charge in [0, 0.05) is 31.9 Å². The molecule has 0 aliphatic carbocycles. The summed E-state index contributed by atoms with van der Waals surface area (Å²) in [5.74, 6) is 0.920. The highest BCUT2D eigenvalue weighted by molar-refractivity contribution is 5.34. The van der Waals surface area contributed by atoms with Gasteiger partial charge < -0.3 is 5.32 Å². The normalized spacial score (nSPS) is 18.9. The van der Waals surface area contributed by atoms with Crippen LogP contribution in [-0.4, -0.2) is 34.0 Å². The summed E-state index contributed by atoms with van der Waals surface area (Å²) < 4.78 is 0. The molecule has 4 nitrogen and oxygen atoms in total. The van der Waals surface area contributed by atoms with Crippen molar-refractivity contribution in [2.24, 2.45) is 0 Å². The number of benzene rings is 1. The Hall–Kier alpha value is -1.94. The Morgan fingerprint density at radius 3 is 3.00 bits per heavy atom. The molecule has 1 saturated heterocycles. The van der Waals surface area contributed by atoms with Gasteiger partial charge in [-0.25, -0.2) is 9.97 Å². The number of hydrogen-bond acceptors (Lipinski definition) is 4. The molecule has 2 aromatic rings. The van der Waals surface area contributed by atoms with Crippen LogP contribution in [0.3, 0.4) is 0 Å². The van der Waals surface area contributed by atoms with Crippen molar-refractivity contribution in [1.82, 2.24) is 14.9 Å². The number of likely N-dealkylation sites (tertiary alicyclic amines) is 1. The minimum atomic E-state index is 0.477. The lowest BCUT2D eigenvalue weighted by atomic mass is 10.1. The second kappa shape index (κ2) is 6.22. The Morgan fingerprint density at radius 1 is 1.29 bits per heavy atom. The fraction of sp³-hybridized carbons (Fsp3) is 0.412. The molecule has 1 N–H and O–H groups in total. The van der Waals surface area contributed by atoms with Crippen LogP contribution in [0.2, 0.25) is 0 Å². The fourth-order valence-corrected chi connectivity index (χ4v) is 2.89. The molecule has 2 heterocycles. The van der Waals surface area contributed by atoms with Crippen LogP contribution < -0.4 is 5.32 Å². The van der Waals surface area contributed by atoms with E-state index in [2.05, 4.69) is 52.2 Å². The summed E-state index contributed by atoms with van der Waals surface area (Å²) >= 11 is 0. The molecule has 1 fully saturated rings. The SMILES string of the molecule is Cc1ccc(C)c(CN2CCC(Nc3ccncn3)C2)c1. The van der Waals surface area contributed by atoms with Crippen LogP contribution in [0.4, 0.5) is 5.82 Å². The van der Waals surface area contributed by atoms with E-state index in [1.165, 1.54) is 16.7 Å². The van der Waals surface area contributed by atoms with Gasteiger partial charge in [-0.05, 0) is 37.5 Å². The fourth-order valence-electron chi connectivity index (χ4n) is 2.89. The maximum Gasteiger partial charge on any atom is 0.129 e. The van der Waals surface area contributed by atoms with Crippen molar-refractivity contribution in [3.63, 3.8) is 0 Å². The second-order valence-corrected chi connectivity index (χ2v) is 5.89. The van der Waals surface area contributed by atoms with Gasteiger partial charge in [0.15, 0.2) is 0 Å². The molecule has 1 atom stereocenters. The Labute approximate surface area is 126 Å². The quantitative estimate of drug-likeness (QED) is 0.936. The molecule has 3 rings (SSSR count). The summed E-state index contributed by atoms with van der Waals surface area (Å²) in [6.45, 7) is 7.59. The molecule has 0 bridgehead atoms. The number of hydrogen-bond donors (Lipinski definition) is 1. The summed E-state index contributed by atoms with van der Waals surface area (Å²) in [6.07, 6.45) is 4.53. The number of nitrogens with one attached hydrogen (secondary N) is 1.